The summed E-state index contributed by atoms with van der Waals surface area (Å²) in [7, 11) is 1.45. The number of ether oxygens (including phenoxy) is 1. The third-order valence-electron chi connectivity index (χ3n) is 4.49. The summed E-state index contributed by atoms with van der Waals surface area (Å²) in [6.07, 6.45) is -2.06. The van der Waals surface area contributed by atoms with Gasteiger partial charge in [0.25, 0.3) is 0 Å². The Hall–Kier alpha value is -1.27. The van der Waals surface area contributed by atoms with Crippen molar-refractivity contribution in [1.29, 1.82) is 0 Å². The summed E-state index contributed by atoms with van der Waals surface area (Å²) in [5.74, 6) is 0.883. The molecule has 1 saturated carbocycles. The van der Waals surface area contributed by atoms with Gasteiger partial charge in [-0.3, -0.25) is 4.90 Å². The Labute approximate surface area is 128 Å². The maximum Gasteiger partial charge on any atom is 0.416 e. The zero-order chi connectivity index (χ0) is 15.7. The number of alkyl halides is 3. The summed E-state index contributed by atoms with van der Waals surface area (Å²) < 4.78 is 44.0. The van der Waals surface area contributed by atoms with Crippen LogP contribution in [-0.2, 0) is 6.18 Å². The summed E-state index contributed by atoms with van der Waals surface area (Å²) in [5.41, 5.74) is 0.239. The van der Waals surface area contributed by atoms with Crippen LogP contribution >= 0.6 is 0 Å². The molecular weight excluding hydrogens is 293 g/mol. The van der Waals surface area contributed by atoms with Crippen molar-refractivity contribution in [3.63, 3.8) is 0 Å². The molecule has 1 aliphatic heterocycles. The van der Waals surface area contributed by atoms with E-state index in [0.29, 0.717) is 11.7 Å². The van der Waals surface area contributed by atoms with Crippen molar-refractivity contribution >= 4 is 0 Å². The smallest absolute Gasteiger partial charge is 0.416 e. The van der Waals surface area contributed by atoms with Crippen LogP contribution in [0.5, 0.6) is 5.75 Å². The van der Waals surface area contributed by atoms with Crippen LogP contribution in [0.15, 0.2) is 18.2 Å². The van der Waals surface area contributed by atoms with Crippen LogP contribution in [0.4, 0.5) is 13.2 Å². The lowest BCUT2D eigenvalue weighted by atomic mass is 9.97. The van der Waals surface area contributed by atoms with E-state index in [1.54, 1.807) is 6.07 Å². The highest BCUT2D eigenvalue weighted by Crippen LogP contribution is 2.47. The normalized spacial score (nSPS) is 21.6. The van der Waals surface area contributed by atoms with E-state index in [1.807, 2.05) is 0 Å². The first-order valence-corrected chi connectivity index (χ1v) is 7.70. The first-order chi connectivity index (χ1) is 10.5. The largest absolute Gasteiger partial charge is 0.496 e. The van der Waals surface area contributed by atoms with Crippen LogP contribution in [0.25, 0.3) is 0 Å². The van der Waals surface area contributed by atoms with E-state index in [2.05, 4.69) is 10.2 Å². The van der Waals surface area contributed by atoms with Crippen molar-refractivity contribution in [2.75, 3.05) is 33.3 Å². The van der Waals surface area contributed by atoms with Crippen LogP contribution in [0.1, 0.15) is 30.0 Å². The molecule has 1 aliphatic carbocycles. The molecule has 2 fully saturated rings. The van der Waals surface area contributed by atoms with Crippen LogP contribution < -0.4 is 10.1 Å². The molecule has 6 heteroatoms. The van der Waals surface area contributed by atoms with E-state index in [9.17, 15) is 13.2 Å². The molecule has 2 aliphatic rings. The number of hydrogen-bond donors (Lipinski definition) is 1. The zero-order valence-corrected chi connectivity index (χ0v) is 12.6. The highest BCUT2D eigenvalue weighted by Gasteiger charge is 2.39. The van der Waals surface area contributed by atoms with Gasteiger partial charge in [0, 0.05) is 37.8 Å². The minimum atomic E-state index is -4.34. The molecule has 0 bridgehead atoms. The Morgan fingerprint density at radius 2 is 1.91 bits per heavy atom. The molecule has 3 rings (SSSR count). The Kier molecular flexibility index (Phi) is 4.32. The predicted molar refractivity (Wildman–Crippen MR) is 77.9 cm³/mol. The monoisotopic (exact) mass is 314 g/mol. The van der Waals surface area contributed by atoms with Gasteiger partial charge >= 0.3 is 6.18 Å². The van der Waals surface area contributed by atoms with Crippen LogP contribution in [0.2, 0.25) is 0 Å². The van der Waals surface area contributed by atoms with Gasteiger partial charge in [0.05, 0.1) is 12.7 Å². The molecule has 22 heavy (non-hydrogen) atoms. The molecule has 1 heterocycles. The van der Waals surface area contributed by atoms with Gasteiger partial charge in [0.15, 0.2) is 0 Å². The molecule has 0 spiro atoms. The molecule has 0 amide bonds. The number of nitrogens with zero attached hydrogens (tertiary/aromatic N) is 1. The fourth-order valence-electron chi connectivity index (χ4n) is 3.25. The van der Waals surface area contributed by atoms with E-state index in [4.69, 9.17) is 4.74 Å². The molecule has 1 saturated heterocycles. The number of methoxy groups -OCH3 is 1. The van der Waals surface area contributed by atoms with Crippen molar-refractivity contribution in [2.45, 2.75) is 25.1 Å². The molecule has 3 nitrogen and oxygen atoms in total. The SMILES string of the molecule is COc1cc(C(F)(F)F)ccc1[C@@H](C1CC1)N1CCNCC1. The maximum atomic E-state index is 12.9. The Morgan fingerprint density at radius 1 is 1.23 bits per heavy atom. The van der Waals surface area contributed by atoms with Gasteiger partial charge in [-0.15, -0.1) is 0 Å². The number of piperazine rings is 1. The lowest BCUT2D eigenvalue weighted by molar-refractivity contribution is -0.137. The van der Waals surface area contributed by atoms with Gasteiger partial charge in [-0.1, -0.05) is 6.07 Å². The van der Waals surface area contributed by atoms with E-state index in [-0.39, 0.29) is 6.04 Å². The number of rotatable bonds is 4. The maximum absolute atomic E-state index is 12.9. The first-order valence-electron chi connectivity index (χ1n) is 7.70. The van der Waals surface area contributed by atoms with Gasteiger partial charge in [-0.2, -0.15) is 13.2 Å². The summed E-state index contributed by atoms with van der Waals surface area (Å²) in [5, 5.41) is 3.32. The molecule has 0 unspecified atom stereocenters. The minimum Gasteiger partial charge on any atom is -0.496 e. The van der Waals surface area contributed by atoms with E-state index >= 15 is 0 Å². The standard InChI is InChI=1S/C16H21F3N2O/c1-22-14-10-12(16(17,18)19)4-5-13(14)15(11-2-3-11)21-8-6-20-7-9-21/h4-5,10-11,15,20H,2-3,6-9H2,1H3/t15-/m1/s1. The minimum absolute atomic E-state index is 0.166. The quantitative estimate of drug-likeness (QED) is 0.924. The molecular formula is C16H21F3N2O. The average Bonchev–Trinajstić information content (AvgIpc) is 3.32. The van der Waals surface area contributed by atoms with Crippen LogP contribution in [0, 0.1) is 5.92 Å². The second-order valence-electron chi connectivity index (χ2n) is 6.02. The van der Waals surface area contributed by atoms with Crippen molar-refractivity contribution < 1.29 is 17.9 Å². The fourth-order valence-corrected chi connectivity index (χ4v) is 3.25. The Morgan fingerprint density at radius 3 is 2.45 bits per heavy atom. The van der Waals surface area contributed by atoms with Crippen molar-refractivity contribution in [3.05, 3.63) is 29.3 Å². The number of hydrogen-bond acceptors (Lipinski definition) is 3. The Balaban J connectivity index is 1.93. The molecule has 122 valence electrons. The third kappa shape index (κ3) is 3.22. The predicted octanol–water partition coefficient (Wildman–Crippen LogP) is 3.07. The average molecular weight is 314 g/mol. The van der Waals surface area contributed by atoms with Gasteiger partial charge < -0.3 is 10.1 Å². The van der Waals surface area contributed by atoms with Crippen LogP contribution in [-0.4, -0.2) is 38.2 Å². The summed E-state index contributed by atoms with van der Waals surface area (Å²) in [4.78, 5) is 2.37. The second-order valence-corrected chi connectivity index (χ2v) is 6.02. The molecule has 0 aromatic heterocycles. The zero-order valence-electron chi connectivity index (χ0n) is 12.6. The van der Waals surface area contributed by atoms with Crippen LogP contribution in [0.3, 0.4) is 0 Å². The highest BCUT2D eigenvalue weighted by molar-refractivity contribution is 5.41. The van der Waals surface area contributed by atoms with Gasteiger partial charge in [-0.25, -0.2) is 0 Å². The lowest BCUT2D eigenvalue weighted by Gasteiger charge is -2.36. The first kappa shape index (κ1) is 15.6. The summed E-state index contributed by atoms with van der Waals surface area (Å²) in [6.45, 7) is 3.69. The van der Waals surface area contributed by atoms with E-state index in [0.717, 1.165) is 50.7 Å². The molecule has 1 atom stereocenters. The summed E-state index contributed by atoms with van der Waals surface area (Å²) >= 11 is 0. The molecule has 0 radical (unpaired) electrons. The number of halogens is 3. The highest BCUT2D eigenvalue weighted by atomic mass is 19.4. The summed E-state index contributed by atoms with van der Waals surface area (Å²) in [6, 6.07) is 4.08. The second kappa shape index (κ2) is 6.08. The molecule has 1 aromatic rings. The van der Waals surface area contributed by atoms with E-state index < -0.39 is 11.7 Å². The van der Waals surface area contributed by atoms with Gasteiger partial charge in [0.1, 0.15) is 5.75 Å². The van der Waals surface area contributed by atoms with E-state index in [1.165, 1.54) is 13.2 Å². The topological polar surface area (TPSA) is 24.5 Å². The van der Waals surface area contributed by atoms with Crippen molar-refractivity contribution in [3.8, 4) is 5.75 Å². The molecule has 1 aromatic carbocycles. The number of nitrogens with one attached hydrogen (secondary N) is 1. The van der Waals surface area contributed by atoms with Crippen molar-refractivity contribution in [1.82, 2.24) is 10.2 Å². The third-order valence-corrected chi connectivity index (χ3v) is 4.49. The molecule has 1 N–H and O–H groups in total. The Bertz CT molecular complexity index is 523. The van der Waals surface area contributed by atoms with Gasteiger partial charge in [-0.05, 0) is 30.9 Å². The number of benzene rings is 1. The van der Waals surface area contributed by atoms with Crippen molar-refractivity contribution in [2.24, 2.45) is 5.92 Å². The lowest BCUT2D eigenvalue weighted by Crippen LogP contribution is -2.45. The van der Waals surface area contributed by atoms with Gasteiger partial charge in [0.2, 0.25) is 0 Å². The fraction of sp³-hybridized carbons (Fsp3) is 0.625.